The number of benzene rings is 3. The summed E-state index contributed by atoms with van der Waals surface area (Å²) in [6.07, 6.45) is 2.52. The van der Waals surface area contributed by atoms with E-state index >= 15 is 0 Å². The van der Waals surface area contributed by atoms with Gasteiger partial charge < -0.3 is 14.2 Å². The maximum Gasteiger partial charge on any atom is 0.174 e. The molecule has 2 heterocycles. The topological polar surface area (TPSA) is 27.7 Å². The van der Waals surface area contributed by atoms with Gasteiger partial charge in [-0.2, -0.15) is 0 Å². The fraction of sp³-hybridized carbons (Fsp3) is 0.280. The van der Waals surface area contributed by atoms with Gasteiger partial charge in [0.15, 0.2) is 5.79 Å². The molecule has 1 spiro atoms. The van der Waals surface area contributed by atoms with Crippen molar-refractivity contribution in [3.63, 3.8) is 0 Å². The number of rotatable bonds is 3. The second-order valence-electron chi connectivity index (χ2n) is 7.67. The van der Waals surface area contributed by atoms with Crippen LogP contribution in [0.5, 0.6) is 5.75 Å². The molecule has 0 radical (unpaired) electrons. The second-order valence-corrected chi connectivity index (χ2v) is 7.67. The number of fused-ring (bicyclic) bond motifs is 1. The summed E-state index contributed by atoms with van der Waals surface area (Å²) < 4.78 is 18.6. The Kier molecular flexibility index (Phi) is 4.22. The molecule has 28 heavy (non-hydrogen) atoms. The quantitative estimate of drug-likeness (QED) is 0.631. The lowest BCUT2D eigenvalue weighted by molar-refractivity contribution is -0.257. The lowest BCUT2D eigenvalue weighted by Crippen LogP contribution is -2.41. The van der Waals surface area contributed by atoms with Gasteiger partial charge in [-0.15, -0.1) is 0 Å². The Morgan fingerprint density at radius 2 is 1.46 bits per heavy atom. The zero-order chi connectivity index (χ0) is 19.0. The van der Waals surface area contributed by atoms with Crippen molar-refractivity contribution in [2.75, 3.05) is 7.11 Å². The highest BCUT2D eigenvalue weighted by molar-refractivity contribution is 5.40. The number of hydrogen-bond acceptors (Lipinski definition) is 3. The second kappa shape index (κ2) is 6.77. The van der Waals surface area contributed by atoms with E-state index in [9.17, 15) is 0 Å². The first-order chi connectivity index (χ1) is 13.7. The third-order valence-electron chi connectivity index (χ3n) is 6.06. The molecule has 0 N–H and O–H groups in total. The fourth-order valence-electron chi connectivity index (χ4n) is 4.59. The van der Waals surface area contributed by atoms with Crippen LogP contribution in [0.1, 0.15) is 35.1 Å². The molecular formula is C25H24O3. The van der Waals surface area contributed by atoms with Crippen LogP contribution in [0, 0.1) is 0 Å². The Morgan fingerprint density at radius 3 is 2.11 bits per heavy atom. The summed E-state index contributed by atoms with van der Waals surface area (Å²) in [4.78, 5) is 0. The van der Waals surface area contributed by atoms with Gasteiger partial charge in [0.05, 0.1) is 13.7 Å². The van der Waals surface area contributed by atoms with Gasteiger partial charge in [0.25, 0.3) is 0 Å². The van der Waals surface area contributed by atoms with E-state index < -0.39 is 11.4 Å². The molecule has 0 bridgehead atoms. The van der Waals surface area contributed by atoms with Gasteiger partial charge in [-0.3, -0.25) is 0 Å². The number of hydrogen-bond donors (Lipinski definition) is 0. The molecule has 3 aromatic carbocycles. The monoisotopic (exact) mass is 372 g/mol. The average Bonchev–Trinajstić information content (AvgIpc) is 3.15. The Balaban J connectivity index is 1.53. The highest BCUT2D eigenvalue weighted by Crippen LogP contribution is 2.52. The minimum absolute atomic E-state index is 0.480. The maximum absolute atomic E-state index is 6.91. The van der Waals surface area contributed by atoms with Crippen molar-refractivity contribution in [1.29, 1.82) is 0 Å². The van der Waals surface area contributed by atoms with Gasteiger partial charge in [0, 0.05) is 12.8 Å². The van der Waals surface area contributed by atoms with E-state index in [0.29, 0.717) is 6.61 Å². The highest BCUT2D eigenvalue weighted by Gasteiger charge is 2.53. The molecule has 0 aromatic heterocycles. The molecule has 142 valence electrons. The average molecular weight is 372 g/mol. The van der Waals surface area contributed by atoms with Crippen LogP contribution in [0.3, 0.4) is 0 Å². The first-order valence-electron chi connectivity index (χ1n) is 9.84. The van der Waals surface area contributed by atoms with Crippen LogP contribution in [-0.2, 0) is 28.1 Å². The van der Waals surface area contributed by atoms with E-state index in [1.54, 1.807) is 7.11 Å². The van der Waals surface area contributed by atoms with Crippen LogP contribution in [0.25, 0.3) is 0 Å². The summed E-state index contributed by atoms with van der Waals surface area (Å²) >= 11 is 0. The summed E-state index contributed by atoms with van der Waals surface area (Å²) in [7, 11) is 1.70. The van der Waals surface area contributed by atoms with Crippen LogP contribution < -0.4 is 4.74 Å². The fourth-order valence-corrected chi connectivity index (χ4v) is 4.59. The molecule has 1 fully saturated rings. The minimum atomic E-state index is -0.590. The van der Waals surface area contributed by atoms with Gasteiger partial charge in [0.2, 0.25) is 0 Å². The first kappa shape index (κ1) is 17.5. The SMILES string of the molecule is COc1ccc2c(c1)CO[C@@]1(CCC(c3ccccc3)(c3ccccc3)O1)C2. The molecule has 0 saturated carbocycles. The third kappa shape index (κ3) is 2.83. The molecule has 3 heteroatoms. The van der Waals surface area contributed by atoms with E-state index in [4.69, 9.17) is 14.2 Å². The number of ether oxygens (including phenoxy) is 3. The molecule has 2 aliphatic rings. The third-order valence-corrected chi connectivity index (χ3v) is 6.06. The molecule has 1 atom stereocenters. The summed E-state index contributed by atoms with van der Waals surface area (Å²) in [5.74, 6) is 0.279. The van der Waals surface area contributed by atoms with E-state index in [0.717, 1.165) is 25.0 Å². The van der Waals surface area contributed by atoms with Crippen molar-refractivity contribution >= 4 is 0 Å². The lowest BCUT2D eigenvalue weighted by atomic mass is 9.83. The lowest BCUT2D eigenvalue weighted by Gasteiger charge is -2.38. The maximum atomic E-state index is 6.91. The normalized spacial score (nSPS) is 22.8. The Bertz CT molecular complexity index is 928. The zero-order valence-corrected chi connectivity index (χ0v) is 16.1. The van der Waals surface area contributed by atoms with Crippen molar-refractivity contribution in [1.82, 2.24) is 0 Å². The standard InChI is InChI=1S/C25H24O3/c1-26-23-13-12-19-17-24(27-18-20(19)16-23)14-15-25(28-24,21-8-4-2-5-9-21)22-10-6-3-7-11-22/h2-13,16H,14-15,17-18H2,1H3/t24-/m1/s1. The van der Waals surface area contributed by atoms with Gasteiger partial charge in [-0.05, 0) is 40.8 Å². The Hall–Kier alpha value is -2.62. The highest BCUT2D eigenvalue weighted by atomic mass is 16.7. The van der Waals surface area contributed by atoms with E-state index in [1.165, 1.54) is 22.3 Å². The van der Waals surface area contributed by atoms with Crippen molar-refractivity contribution in [3.8, 4) is 5.75 Å². The predicted molar refractivity (Wildman–Crippen MR) is 108 cm³/mol. The van der Waals surface area contributed by atoms with Gasteiger partial charge in [0.1, 0.15) is 11.4 Å². The van der Waals surface area contributed by atoms with Gasteiger partial charge >= 0.3 is 0 Å². The smallest absolute Gasteiger partial charge is 0.174 e. The Morgan fingerprint density at radius 1 is 0.786 bits per heavy atom. The van der Waals surface area contributed by atoms with Crippen molar-refractivity contribution in [2.45, 2.75) is 37.3 Å². The molecule has 2 aliphatic heterocycles. The minimum Gasteiger partial charge on any atom is -0.497 e. The van der Waals surface area contributed by atoms with E-state index in [1.807, 2.05) is 18.2 Å². The molecular weight excluding hydrogens is 348 g/mol. The molecule has 0 amide bonds. The van der Waals surface area contributed by atoms with Crippen molar-refractivity contribution in [2.24, 2.45) is 0 Å². The van der Waals surface area contributed by atoms with Crippen LogP contribution in [0.2, 0.25) is 0 Å². The number of methoxy groups -OCH3 is 1. The summed E-state index contributed by atoms with van der Waals surface area (Å²) in [5, 5.41) is 0. The summed E-state index contributed by atoms with van der Waals surface area (Å²) in [5.41, 5.74) is 4.35. The first-order valence-corrected chi connectivity index (χ1v) is 9.84. The van der Waals surface area contributed by atoms with E-state index in [2.05, 4.69) is 60.7 Å². The largest absolute Gasteiger partial charge is 0.497 e. The molecule has 5 rings (SSSR count). The van der Waals surface area contributed by atoms with Crippen LogP contribution in [0.4, 0.5) is 0 Å². The molecule has 3 aromatic rings. The van der Waals surface area contributed by atoms with Gasteiger partial charge in [-0.1, -0.05) is 66.7 Å². The van der Waals surface area contributed by atoms with Gasteiger partial charge in [-0.25, -0.2) is 0 Å². The molecule has 3 nitrogen and oxygen atoms in total. The van der Waals surface area contributed by atoms with Crippen LogP contribution in [0.15, 0.2) is 78.9 Å². The predicted octanol–water partition coefficient (Wildman–Crippen LogP) is 5.22. The molecule has 0 aliphatic carbocycles. The zero-order valence-electron chi connectivity index (χ0n) is 16.1. The summed E-state index contributed by atoms with van der Waals surface area (Å²) in [6.45, 7) is 0.548. The molecule has 1 saturated heterocycles. The summed E-state index contributed by atoms with van der Waals surface area (Å²) in [6, 6.07) is 27.3. The van der Waals surface area contributed by atoms with Crippen molar-refractivity contribution < 1.29 is 14.2 Å². The molecule has 0 unspecified atom stereocenters. The van der Waals surface area contributed by atoms with Crippen LogP contribution >= 0.6 is 0 Å². The van der Waals surface area contributed by atoms with Crippen molar-refractivity contribution in [3.05, 3.63) is 101 Å². The van der Waals surface area contributed by atoms with E-state index in [-0.39, 0.29) is 0 Å². The Labute approximate surface area is 165 Å². The van der Waals surface area contributed by atoms with Crippen LogP contribution in [-0.4, -0.2) is 12.9 Å².